The van der Waals surface area contributed by atoms with Crippen LogP contribution in [0.3, 0.4) is 0 Å². The third kappa shape index (κ3) is 2.73. The lowest BCUT2D eigenvalue weighted by molar-refractivity contribution is 0.0987. The minimum atomic E-state index is -0.373. The molecule has 1 heterocycles. The van der Waals surface area contributed by atoms with E-state index in [2.05, 4.69) is 42.3 Å². The number of carbonyl (C=O) groups is 1. The second-order valence-corrected chi connectivity index (χ2v) is 5.35. The summed E-state index contributed by atoms with van der Waals surface area (Å²) < 4.78 is 6.24. The summed E-state index contributed by atoms with van der Waals surface area (Å²) in [6.07, 6.45) is 0. The van der Waals surface area contributed by atoms with Crippen LogP contribution < -0.4 is 11.1 Å². The van der Waals surface area contributed by atoms with E-state index in [1.165, 1.54) is 0 Å². The summed E-state index contributed by atoms with van der Waals surface area (Å²) in [6.45, 7) is 1.75. The second kappa shape index (κ2) is 5.11. The quantitative estimate of drug-likeness (QED) is 0.790. The normalized spacial score (nSPS) is 10.4. The molecule has 0 fully saturated rings. The van der Waals surface area contributed by atoms with Crippen LogP contribution >= 0.6 is 31.9 Å². The Kier molecular flexibility index (Phi) is 3.72. The standard InChI is InChI=1S/C11H9Br2N3O2/c1-5-2-9(18-16-5)11(17)15-10-7(12)3-6(14)4-8(10)13/h2-4H,14H2,1H3,(H,15,17). The van der Waals surface area contributed by atoms with Gasteiger partial charge in [0.1, 0.15) is 0 Å². The SMILES string of the molecule is Cc1cc(C(=O)Nc2c(Br)cc(N)cc2Br)on1. The van der Waals surface area contributed by atoms with Crippen molar-refractivity contribution in [2.75, 3.05) is 11.1 Å². The van der Waals surface area contributed by atoms with Gasteiger partial charge in [0.05, 0.1) is 11.4 Å². The van der Waals surface area contributed by atoms with Crippen molar-refractivity contribution >= 4 is 49.1 Å². The van der Waals surface area contributed by atoms with E-state index in [1.54, 1.807) is 25.1 Å². The number of nitrogens with zero attached hydrogens (tertiary/aromatic N) is 1. The number of benzene rings is 1. The highest BCUT2D eigenvalue weighted by atomic mass is 79.9. The lowest BCUT2D eigenvalue weighted by atomic mass is 10.2. The van der Waals surface area contributed by atoms with Crippen molar-refractivity contribution < 1.29 is 9.32 Å². The highest BCUT2D eigenvalue weighted by Gasteiger charge is 2.15. The Labute approximate surface area is 120 Å². The molecule has 94 valence electrons. The molecule has 1 amide bonds. The van der Waals surface area contributed by atoms with Gasteiger partial charge in [-0.2, -0.15) is 0 Å². The molecule has 5 nitrogen and oxygen atoms in total. The first-order valence-corrected chi connectivity index (χ1v) is 6.55. The summed E-state index contributed by atoms with van der Waals surface area (Å²) in [4.78, 5) is 11.9. The molecule has 0 aliphatic carbocycles. The van der Waals surface area contributed by atoms with Gasteiger partial charge >= 0.3 is 0 Å². The van der Waals surface area contributed by atoms with Crippen LogP contribution in [0, 0.1) is 6.92 Å². The Hall–Kier alpha value is -1.34. The van der Waals surface area contributed by atoms with E-state index in [0.717, 1.165) is 0 Å². The molecule has 0 unspecified atom stereocenters. The smallest absolute Gasteiger partial charge is 0.294 e. The number of anilines is 2. The number of rotatable bonds is 2. The van der Waals surface area contributed by atoms with E-state index >= 15 is 0 Å². The number of hydrogen-bond donors (Lipinski definition) is 2. The minimum absolute atomic E-state index is 0.156. The number of nitrogens with one attached hydrogen (secondary N) is 1. The number of carbonyl (C=O) groups excluding carboxylic acids is 1. The Morgan fingerprint density at radius 3 is 2.44 bits per heavy atom. The van der Waals surface area contributed by atoms with E-state index in [0.29, 0.717) is 26.0 Å². The Morgan fingerprint density at radius 1 is 1.33 bits per heavy atom. The van der Waals surface area contributed by atoms with E-state index in [1.807, 2.05) is 0 Å². The summed E-state index contributed by atoms with van der Waals surface area (Å²) >= 11 is 6.67. The summed E-state index contributed by atoms with van der Waals surface area (Å²) in [5.74, 6) is -0.218. The maximum atomic E-state index is 11.9. The maximum Gasteiger partial charge on any atom is 0.294 e. The molecule has 3 N–H and O–H groups in total. The first-order chi connectivity index (χ1) is 8.47. The molecule has 0 saturated carbocycles. The molecular formula is C11H9Br2N3O2. The zero-order valence-corrected chi connectivity index (χ0v) is 12.5. The van der Waals surface area contributed by atoms with Gasteiger partial charge < -0.3 is 15.6 Å². The fourth-order valence-electron chi connectivity index (χ4n) is 1.36. The third-order valence-corrected chi connectivity index (χ3v) is 3.41. The molecule has 0 atom stereocenters. The first-order valence-electron chi connectivity index (χ1n) is 4.96. The van der Waals surface area contributed by atoms with Crippen LogP contribution in [-0.2, 0) is 0 Å². The topological polar surface area (TPSA) is 81.2 Å². The molecule has 2 aromatic rings. The zero-order valence-electron chi connectivity index (χ0n) is 9.33. The van der Waals surface area contributed by atoms with Crippen LogP contribution in [0.25, 0.3) is 0 Å². The number of amides is 1. The van der Waals surface area contributed by atoms with Gasteiger partial charge in [0.25, 0.3) is 5.91 Å². The number of nitrogens with two attached hydrogens (primary N) is 1. The molecule has 7 heteroatoms. The number of halogens is 2. The molecule has 0 aliphatic heterocycles. The summed E-state index contributed by atoms with van der Waals surface area (Å²) in [7, 11) is 0. The van der Waals surface area contributed by atoms with Gasteiger partial charge in [-0.05, 0) is 50.9 Å². The van der Waals surface area contributed by atoms with Gasteiger partial charge in [0.15, 0.2) is 0 Å². The Balaban J connectivity index is 2.27. The summed E-state index contributed by atoms with van der Waals surface area (Å²) in [6, 6.07) is 4.96. The number of aryl methyl sites for hydroxylation is 1. The van der Waals surface area contributed by atoms with E-state index in [4.69, 9.17) is 10.3 Å². The minimum Gasteiger partial charge on any atom is -0.399 e. The van der Waals surface area contributed by atoms with Crippen LogP contribution in [0.5, 0.6) is 0 Å². The van der Waals surface area contributed by atoms with Crippen LogP contribution in [0.1, 0.15) is 16.2 Å². The van der Waals surface area contributed by atoms with Crippen molar-refractivity contribution in [3.63, 3.8) is 0 Å². The Bertz CT molecular complexity index is 587. The van der Waals surface area contributed by atoms with Crippen molar-refractivity contribution in [3.8, 4) is 0 Å². The molecule has 0 aliphatic rings. The van der Waals surface area contributed by atoms with E-state index in [9.17, 15) is 4.79 Å². The summed E-state index contributed by atoms with van der Waals surface area (Å²) in [5.41, 5.74) is 7.49. The van der Waals surface area contributed by atoms with Gasteiger partial charge in [-0.1, -0.05) is 5.16 Å². The van der Waals surface area contributed by atoms with Crippen molar-refractivity contribution in [1.82, 2.24) is 5.16 Å². The van der Waals surface area contributed by atoms with Crippen LogP contribution in [0.2, 0.25) is 0 Å². The molecule has 0 bridgehead atoms. The lowest BCUT2D eigenvalue weighted by Crippen LogP contribution is -2.12. The zero-order chi connectivity index (χ0) is 13.3. The molecule has 0 radical (unpaired) electrons. The fourth-order valence-corrected chi connectivity index (χ4v) is 2.78. The Morgan fingerprint density at radius 2 is 1.94 bits per heavy atom. The predicted octanol–water partition coefficient (Wildman–Crippen LogP) is 3.34. The van der Waals surface area contributed by atoms with Crippen molar-refractivity contribution in [2.24, 2.45) is 0 Å². The van der Waals surface area contributed by atoms with Crippen molar-refractivity contribution in [3.05, 3.63) is 38.6 Å². The van der Waals surface area contributed by atoms with Crippen LogP contribution in [0.4, 0.5) is 11.4 Å². The van der Waals surface area contributed by atoms with Crippen molar-refractivity contribution in [2.45, 2.75) is 6.92 Å². The number of nitrogen functional groups attached to an aromatic ring is 1. The molecule has 18 heavy (non-hydrogen) atoms. The van der Waals surface area contributed by atoms with Crippen molar-refractivity contribution in [1.29, 1.82) is 0 Å². The maximum absolute atomic E-state index is 11.9. The van der Waals surface area contributed by atoms with E-state index < -0.39 is 0 Å². The van der Waals surface area contributed by atoms with Gasteiger partial charge in [-0.3, -0.25) is 4.79 Å². The van der Waals surface area contributed by atoms with Gasteiger partial charge in [0.2, 0.25) is 5.76 Å². The lowest BCUT2D eigenvalue weighted by Gasteiger charge is -2.09. The number of hydrogen-bond acceptors (Lipinski definition) is 4. The second-order valence-electron chi connectivity index (χ2n) is 3.65. The molecule has 1 aromatic heterocycles. The largest absolute Gasteiger partial charge is 0.399 e. The highest BCUT2D eigenvalue weighted by molar-refractivity contribution is 9.11. The predicted molar refractivity (Wildman–Crippen MR) is 75.4 cm³/mol. The van der Waals surface area contributed by atoms with Gasteiger partial charge in [0, 0.05) is 20.7 Å². The van der Waals surface area contributed by atoms with Gasteiger partial charge in [-0.25, -0.2) is 0 Å². The highest BCUT2D eigenvalue weighted by Crippen LogP contribution is 2.33. The molecular weight excluding hydrogens is 366 g/mol. The molecule has 2 rings (SSSR count). The summed E-state index contributed by atoms with van der Waals surface area (Å²) in [5, 5.41) is 6.37. The number of aromatic nitrogens is 1. The average molecular weight is 375 g/mol. The van der Waals surface area contributed by atoms with Crippen LogP contribution in [-0.4, -0.2) is 11.1 Å². The molecule has 1 aromatic carbocycles. The fraction of sp³-hybridized carbons (Fsp3) is 0.0909. The molecule has 0 spiro atoms. The van der Waals surface area contributed by atoms with Gasteiger partial charge in [-0.15, -0.1) is 0 Å². The van der Waals surface area contributed by atoms with Crippen LogP contribution in [0.15, 0.2) is 31.7 Å². The average Bonchev–Trinajstić information content (AvgIpc) is 2.70. The van der Waals surface area contributed by atoms with E-state index in [-0.39, 0.29) is 11.7 Å². The monoisotopic (exact) mass is 373 g/mol. The third-order valence-electron chi connectivity index (χ3n) is 2.15. The molecule has 0 saturated heterocycles. The first kappa shape index (κ1) is 13.1.